The Kier molecular flexibility index (Phi) is 5.03. The van der Waals surface area contributed by atoms with E-state index in [9.17, 15) is 35.6 Å². The molecule has 78 heavy (non-hydrogen) atoms. The first kappa shape index (κ1) is 23.2. The molecule has 0 aliphatic heterocycles. The van der Waals surface area contributed by atoms with E-state index in [1.54, 1.807) is 36.5 Å². The molecule has 0 spiro atoms. The molecule has 392 valence electrons. The van der Waals surface area contributed by atoms with E-state index in [-0.39, 0.29) is 58.6 Å². The summed E-state index contributed by atoms with van der Waals surface area (Å²) in [7, 11) is 0. The van der Waals surface area contributed by atoms with E-state index >= 15 is 0 Å². The number of pyridine rings is 1. The van der Waals surface area contributed by atoms with Gasteiger partial charge in [-0.2, -0.15) is 0 Å². The summed E-state index contributed by atoms with van der Waals surface area (Å²) in [4.78, 5) is 4.79. The average molecular weight is 1060 g/mol. The van der Waals surface area contributed by atoms with Gasteiger partial charge in [0, 0.05) is 66.9 Å². The molecule has 0 amide bonds. The lowest BCUT2D eigenvalue weighted by Gasteiger charge is -2.62. The number of fused-ring (bicyclic) bond motifs is 6. The normalized spacial score (nSPS) is 31.5. The second kappa shape index (κ2) is 16.9. The van der Waals surface area contributed by atoms with E-state index in [0.717, 1.165) is 26.4 Å². The molecule has 3 aromatic heterocycles. The number of para-hydroxylation sites is 3. The van der Waals surface area contributed by atoms with Crippen molar-refractivity contribution in [3.8, 4) is 50.9 Å². The fourth-order valence-electron chi connectivity index (χ4n) is 11.7. The largest absolute Gasteiger partial charge is 0.458 e. The zero-order valence-electron chi connectivity index (χ0n) is 80.4. The zero-order chi connectivity index (χ0) is 86.3. The molecule has 5 aliphatic carbocycles. The first-order valence-electron chi connectivity index (χ1n) is 44.5. The van der Waals surface area contributed by atoms with E-state index in [0.29, 0.717) is 17.1 Å². The Hall–Kier alpha value is -7.24. The fraction of sp³-hybridized carbons (Fsp3) is 0.342. The van der Waals surface area contributed by atoms with Crippen molar-refractivity contribution in [3.63, 3.8) is 0 Å². The molecular weight excluding hydrogens is 949 g/mol. The highest BCUT2D eigenvalue weighted by Gasteiger charge is 2.57. The Morgan fingerprint density at radius 1 is 0.615 bits per heavy atom. The van der Waals surface area contributed by atoms with Crippen molar-refractivity contribution < 1.29 is 61.4 Å². The first-order valence-corrected chi connectivity index (χ1v) is 25.5. The Morgan fingerprint density at radius 2 is 1.21 bits per heavy atom. The highest BCUT2D eigenvalue weighted by molar-refractivity contribution is 6.09. The highest BCUT2D eigenvalue weighted by Crippen LogP contribution is 2.66. The molecule has 3 saturated carbocycles. The topological polar surface area (TPSA) is 35.9 Å². The average Bonchev–Trinajstić information content (AvgIpc) is 0.673. The van der Waals surface area contributed by atoms with Crippen LogP contribution in [0.2, 0.25) is 0 Å². The zero-order valence-corrected chi connectivity index (χ0v) is 42.4. The van der Waals surface area contributed by atoms with Gasteiger partial charge in [-0.15, -0.1) is 0 Å². The summed E-state index contributed by atoms with van der Waals surface area (Å²) in [6, 6.07) is 21.3. The number of imidazole rings is 1. The van der Waals surface area contributed by atoms with Crippen LogP contribution in [0.3, 0.4) is 0 Å². The molecular formula is C73H74N4O. The van der Waals surface area contributed by atoms with Crippen LogP contribution in [0.15, 0.2) is 158 Å². The summed E-state index contributed by atoms with van der Waals surface area (Å²) in [6.45, 7) is -30.2. The Labute approximate surface area is 515 Å². The van der Waals surface area contributed by atoms with Crippen molar-refractivity contribution in [1.29, 1.82) is 0 Å². The third-order valence-corrected chi connectivity index (χ3v) is 15.9. The molecule has 15 rings (SSSR count). The molecule has 3 heterocycles. The minimum Gasteiger partial charge on any atom is -0.458 e. The molecule has 2 bridgehead atoms. The maximum atomic E-state index is 10.7. The van der Waals surface area contributed by atoms with Crippen LogP contribution in [0.1, 0.15) is 206 Å². The third-order valence-electron chi connectivity index (χ3n) is 15.9. The number of nitrogens with zero attached hydrogens (tertiary/aromatic N) is 4. The Morgan fingerprint density at radius 3 is 1.82 bits per heavy atom. The van der Waals surface area contributed by atoms with Crippen molar-refractivity contribution in [2.24, 2.45) is 5.92 Å². The molecule has 5 nitrogen and oxygen atoms in total. The minimum atomic E-state index is -4.85. The number of hydrogen-bond donors (Lipinski definition) is 0. The molecule has 0 unspecified atom stereocenters. The first-order chi connectivity index (χ1) is 52.8. The predicted molar refractivity (Wildman–Crippen MR) is 321 cm³/mol. The molecule has 0 saturated heterocycles. The third kappa shape index (κ3) is 7.68. The fourth-order valence-corrected chi connectivity index (χ4v) is 11.7. The van der Waals surface area contributed by atoms with Gasteiger partial charge in [0.1, 0.15) is 17.3 Å². The lowest BCUT2D eigenvalue weighted by atomic mass is 9.42. The van der Waals surface area contributed by atoms with E-state index in [4.69, 9.17) is 26.2 Å². The Balaban J connectivity index is 1.16. The van der Waals surface area contributed by atoms with Gasteiger partial charge >= 0.3 is 0 Å². The molecule has 3 fully saturated rings. The van der Waals surface area contributed by atoms with E-state index in [1.165, 1.54) is 47.0 Å². The van der Waals surface area contributed by atoms with Gasteiger partial charge in [-0.3, -0.25) is 13.7 Å². The Bertz CT molecular complexity index is 5530. The monoisotopic (exact) mass is 1060 g/mol. The quantitative estimate of drug-likeness (QED) is 0.112. The van der Waals surface area contributed by atoms with Crippen molar-refractivity contribution in [3.05, 3.63) is 197 Å². The minimum absolute atomic E-state index is 0.0323. The van der Waals surface area contributed by atoms with Crippen LogP contribution in [0, 0.1) is 12.2 Å². The second-order valence-corrected chi connectivity index (χ2v) is 22.2. The maximum Gasteiger partial charge on any atom is 0.269 e. The van der Waals surface area contributed by atoms with Gasteiger partial charge in [0.2, 0.25) is 0 Å². The lowest BCUT2D eigenvalue weighted by Crippen LogP contribution is -2.55. The van der Waals surface area contributed by atoms with Crippen LogP contribution in [0.5, 0.6) is 11.5 Å². The molecule has 10 aromatic rings. The van der Waals surface area contributed by atoms with Crippen molar-refractivity contribution in [2.75, 3.05) is 0 Å². The second-order valence-electron chi connectivity index (χ2n) is 22.2. The van der Waals surface area contributed by atoms with Crippen molar-refractivity contribution in [1.82, 2.24) is 14.1 Å². The number of hydrogen-bond acceptors (Lipinski definition) is 2. The van der Waals surface area contributed by atoms with Crippen molar-refractivity contribution in [2.45, 2.75) is 153 Å². The van der Waals surface area contributed by atoms with E-state index in [2.05, 4.69) is 27.1 Å². The predicted octanol–water partition coefficient (Wildman–Crippen LogP) is 18.4. The maximum absolute atomic E-state index is 10.7. The SMILES string of the molecule is [2H]c1c([2H])c2c(c([2H])c1-c1cc(C34CC(C3)C4)cc(-c3c([2H])c([2H])c4c(c3[2H])C(C([2H])([2H])[2H])(C([2H])([2H])[2H])C([2H])([2H])C([2H])([2H])C4(C([2H])([2H])[2H])C([2H])([2H])[2H])c1-[n+]1[c-]n(-c3cccc(Oc4ccc5c6ccccc6n(-c6cc(C(C)(C)C)ccn6)c5c4)c3)c3ccccc31)C(C([2H])([2H])[2H])(C([2H])([2H])[2H])C([2H])([2H])C([2H])([2H])C2(C([2H])([2H])[2H])C([2H])([2H])[2H]. The van der Waals surface area contributed by atoms with Crippen LogP contribution >= 0.6 is 0 Å². The lowest BCUT2D eigenvalue weighted by molar-refractivity contribution is -0.571. The van der Waals surface area contributed by atoms with Gasteiger partial charge < -0.3 is 4.74 Å². The van der Waals surface area contributed by atoms with E-state index < -0.39 is 194 Å². The van der Waals surface area contributed by atoms with Crippen LogP contribution in [0.4, 0.5) is 0 Å². The summed E-state index contributed by atoms with van der Waals surface area (Å²) in [5, 5.41) is 1.73. The molecule has 0 atom stereocenters. The number of aromatic nitrogens is 4. The molecule has 0 radical (unpaired) electrons. The van der Waals surface area contributed by atoms with Gasteiger partial charge in [0.05, 0.1) is 41.7 Å². The van der Waals surface area contributed by atoms with Gasteiger partial charge in [0.25, 0.3) is 6.33 Å². The summed E-state index contributed by atoms with van der Waals surface area (Å²) in [5.74, 6) is 0.981. The van der Waals surface area contributed by atoms with Crippen LogP contribution in [-0.4, -0.2) is 14.1 Å². The summed E-state index contributed by atoms with van der Waals surface area (Å²) < 4.78 is 369. The number of rotatable bonds is 8. The van der Waals surface area contributed by atoms with E-state index in [1.807, 2.05) is 47.0 Å². The molecule has 5 heteroatoms. The highest BCUT2D eigenvalue weighted by atomic mass is 16.5. The van der Waals surface area contributed by atoms with Gasteiger partial charge in [-0.1, -0.05) is 173 Å². The van der Waals surface area contributed by atoms with Gasteiger partial charge in [0.15, 0.2) is 0 Å². The number of ether oxygens (including phenoxy) is 1. The van der Waals surface area contributed by atoms with Gasteiger partial charge in [-0.05, 0) is 187 Å². The van der Waals surface area contributed by atoms with Crippen LogP contribution in [0.25, 0.3) is 72.3 Å². The molecule has 7 aromatic carbocycles. The standard InChI is InChI=1S/C73H74N4O/c1-68(2,3)49-29-34-74-66(39-49)77-62-20-13-12-19-54(62)55-26-25-53(41-65(55)77)78-52-18-16-17-51(40-52)75-45-76(64-22-15-14-21-63(64)75)67-56(47-23-27-58-60(35-47)71(8,9)32-30-69(58,4)5)37-50(73-42-46(43-73)44-73)38-57(67)48-24-28-59-61(36-48)72(10,11)33-31-70(59,6)7/h12-29,34-41,46H,30-33,42-44H2,1-11H3/i4D3,5D3,6D3,7D3,8D3,9D3,10D3,11D3,23D,24D,27D,28D,30D2,31D2,32D2,33D2,35D,36D. The van der Waals surface area contributed by atoms with Crippen LogP contribution in [-0.2, 0) is 32.5 Å². The van der Waals surface area contributed by atoms with Crippen LogP contribution < -0.4 is 9.30 Å². The number of benzene rings is 7. The smallest absolute Gasteiger partial charge is 0.269 e. The van der Waals surface area contributed by atoms with Gasteiger partial charge in [-0.25, -0.2) is 4.98 Å². The molecule has 0 N–H and O–H groups in total. The summed E-state index contributed by atoms with van der Waals surface area (Å²) in [6.07, 6.45) is -13.7. The van der Waals surface area contributed by atoms with Crippen molar-refractivity contribution >= 4 is 32.8 Å². The molecule has 5 aliphatic rings. The summed E-state index contributed by atoms with van der Waals surface area (Å²) >= 11 is 0. The summed E-state index contributed by atoms with van der Waals surface area (Å²) in [5.41, 5.74) is -30.0.